The molecule has 0 unspecified atom stereocenters. The number of carbonyl (C=O) groups excluding carboxylic acids is 1. The van der Waals surface area contributed by atoms with Crippen LogP contribution in [-0.2, 0) is 26.2 Å². The molecule has 22 heavy (non-hydrogen) atoms. The van der Waals surface area contributed by atoms with Crippen LogP contribution in [0, 0.1) is 0 Å². The molecule has 0 fully saturated rings. The van der Waals surface area contributed by atoms with Gasteiger partial charge in [-0.15, -0.1) is 0 Å². The minimum Gasteiger partial charge on any atom is -0.343 e. The molecule has 0 aliphatic carbocycles. The molecule has 0 amide bonds. The molecule has 0 aromatic heterocycles. The quantitative estimate of drug-likeness (QED) is 0.466. The van der Waals surface area contributed by atoms with Gasteiger partial charge in [-0.2, -0.15) is 0 Å². The fourth-order valence-corrected chi connectivity index (χ4v) is 3.04. The smallest absolute Gasteiger partial charge is 0.260 e. The van der Waals surface area contributed by atoms with E-state index in [1.807, 2.05) is 42.5 Å². The number of ether oxygens (including phenoxy) is 2. The van der Waals surface area contributed by atoms with Crippen LogP contribution >= 0.6 is 0 Å². The maximum atomic E-state index is 12.9. The fraction of sp³-hybridized carbons (Fsp3) is 0.278. The predicted molar refractivity (Wildman–Crippen MR) is 90.4 cm³/mol. The van der Waals surface area contributed by atoms with Crippen LogP contribution in [0.3, 0.4) is 0 Å². The third kappa shape index (κ3) is 3.09. The molecule has 2 aromatic carbocycles. The second kappa shape index (κ2) is 7.09. The number of carbonyl (C=O) groups is 1. The minimum atomic E-state index is -1.42. The van der Waals surface area contributed by atoms with E-state index in [-0.39, 0.29) is 16.7 Å². The summed E-state index contributed by atoms with van der Waals surface area (Å²) in [5, 5.41) is 0. The Balaban J connectivity index is 2.46. The Bertz CT molecular complexity index is 617. The van der Waals surface area contributed by atoms with Crippen molar-refractivity contribution in [3.8, 4) is 0 Å². The molecule has 3 nitrogen and oxygen atoms in total. The first-order chi connectivity index (χ1) is 10.5. The highest BCUT2D eigenvalue weighted by Crippen LogP contribution is 2.31. The van der Waals surface area contributed by atoms with Gasteiger partial charge in [-0.3, -0.25) is 4.79 Å². The largest absolute Gasteiger partial charge is 0.343 e. The number of methoxy groups -OCH3 is 2. The summed E-state index contributed by atoms with van der Waals surface area (Å²) < 4.78 is 11.0. The first-order valence-electron chi connectivity index (χ1n) is 6.93. The van der Waals surface area contributed by atoms with Crippen molar-refractivity contribution in [1.29, 1.82) is 0 Å². The van der Waals surface area contributed by atoms with Gasteiger partial charge in [0.15, 0.2) is 4.90 Å². The van der Waals surface area contributed by atoms with E-state index in [1.54, 1.807) is 12.1 Å². The molecule has 4 heteroatoms. The monoisotopic (exact) mass is 317 g/mol. The number of benzene rings is 2. The molecule has 0 saturated heterocycles. The summed E-state index contributed by atoms with van der Waals surface area (Å²) in [5.41, 5.74) is 1.25. The first kappa shape index (κ1) is 16.7. The number of hydrogen-bond acceptors (Lipinski definition) is 3. The van der Waals surface area contributed by atoms with E-state index in [0.717, 1.165) is 0 Å². The van der Waals surface area contributed by atoms with E-state index in [0.29, 0.717) is 11.1 Å². The summed E-state index contributed by atoms with van der Waals surface area (Å²) in [6, 6.07) is 16.9. The van der Waals surface area contributed by atoms with E-state index >= 15 is 0 Å². The highest BCUT2D eigenvalue weighted by Gasteiger charge is 2.41. The molecule has 0 saturated carbocycles. The fourth-order valence-electron chi connectivity index (χ4n) is 2.36. The molecule has 0 heterocycles. The summed E-state index contributed by atoms with van der Waals surface area (Å²) >= 11 is 0. The summed E-state index contributed by atoms with van der Waals surface area (Å²) in [7, 11) is 3.15. The highest BCUT2D eigenvalue weighted by atomic mass is 32.2. The number of ketones is 1. The van der Waals surface area contributed by atoms with Gasteiger partial charge in [0, 0.05) is 36.2 Å². The summed E-state index contributed by atoms with van der Waals surface area (Å²) in [4.78, 5) is 14.1. The maximum absolute atomic E-state index is 12.9. The third-order valence-electron chi connectivity index (χ3n) is 3.62. The van der Waals surface area contributed by atoms with Gasteiger partial charge >= 0.3 is 0 Å². The molecular weight excluding hydrogens is 296 g/mol. The van der Waals surface area contributed by atoms with Crippen molar-refractivity contribution in [2.75, 3.05) is 26.7 Å². The van der Waals surface area contributed by atoms with Crippen molar-refractivity contribution in [2.24, 2.45) is 0 Å². The number of rotatable bonds is 6. The zero-order chi connectivity index (χ0) is 16.2. The number of Topliss-reactive ketones (excluding diaryl/α,β-unsaturated/α-hetero) is 1. The highest BCUT2D eigenvalue weighted by molar-refractivity contribution is 7.95. The van der Waals surface area contributed by atoms with Crippen LogP contribution < -0.4 is 0 Å². The predicted octanol–water partition coefficient (Wildman–Crippen LogP) is 3.25. The second-order valence-corrected chi connectivity index (χ2v) is 7.17. The molecule has 0 bridgehead atoms. The Hall–Kier alpha value is -1.62. The lowest BCUT2D eigenvalue weighted by Gasteiger charge is -2.29. The maximum Gasteiger partial charge on any atom is 0.260 e. The molecule has 0 aliphatic rings. The standard InChI is InChI=1S/C18H21O3S/c1-20-18(21-2,17(19)14-8-6-5-7-9-14)15-10-12-16(13-11-15)22(3)4/h5-13H,1-4H3/q+1. The van der Waals surface area contributed by atoms with Gasteiger partial charge in [-0.25, -0.2) is 0 Å². The lowest BCUT2D eigenvalue weighted by atomic mass is 9.96. The van der Waals surface area contributed by atoms with E-state index < -0.39 is 5.79 Å². The first-order valence-corrected chi connectivity index (χ1v) is 8.97. The molecular formula is C18H21O3S+. The summed E-state index contributed by atoms with van der Waals surface area (Å²) in [5.74, 6) is -1.63. The van der Waals surface area contributed by atoms with E-state index in [1.165, 1.54) is 19.1 Å². The van der Waals surface area contributed by atoms with Crippen molar-refractivity contribution >= 4 is 16.7 Å². The average molecular weight is 317 g/mol. The van der Waals surface area contributed by atoms with Gasteiger partial charge < -0.3 is 9.47 Å². The summed E-state index contributed by atoms with van der Waals surface area (Å²) in [6.07, 6.45) is 4.31. The SMILES string of the molecule is COC(OC)(C(=O)c1ccccc1)c1ccc([S+](C)C)cc1. The molecule has 2 aromatic rings. The van der Waals surface area contributed by atoms with Crippen molar-refractivity contribution in [2.45, 2.75) is 10.7 Å². The van der Waals surface area contributed by atoms with Crippen LogP contribution in [0.1, 0.15) is 15.9 Å². The third-order valence-corrected chi connectivity index (χ3v) is 4.83. The van der Waals surface area contributed by atoms with Gasteiger partial charge in [0.25, 0.3) is 5.79 Å². The molecule has 0 spiro atoms. The van der Waals surface area contributed by atoms with Crippen molar-refractivity contribution < 1.29 is 14.3 Å². The summed E-state index contributed by atoms with van der Waals surface area (Å²) in [6.45, 7) is 0. The van der Waals surface area contributed by atoms with Crippen molar-refractivity contribution in [3.05, 3.63) is 65.7 Å². The molecule has 2 rings (SSSR count). The van der Waals surface area contributed by atoms with E-state index in [2.05, 4.69) is 12.5 Å². The van der Waals surface area contributed by atoms with Gasteiger partial charge in [0.2, 0.25) is 5.78 Å². The van der Waals surface area contributed by atoms with E-state index in [9.17, 15) is 4.79 Å². The Morgan fingerprint density at radius 3 is 1.91 bits per heavy atom. The minimum absolute atomic E-state index is 0.169. The Morgan fingerprint density at radius 2 is 1.45 bits per heavy atom. The van der Waals surface area contributed by atoms with Crippen LogP contribution in [-0.4, -0.2) is 32.5 Å². The van der Waals surface area contributed by atoms with Gasteiger partial charge in [-0.05, 0) is 24.3 Å². The molecule has 0 N–H and O–H groups in total. The Morgan fingerprint density at radius 1 is 0.909 bits per heavy atom. The van der Waals surface area contributed by atoms with Crippen LogP contribution in [0.4, 0.5) is 0 Å². The van der Waals surface area contributed by atoms with Gasteiger partial charge in [0.05, 0.1) is 0 Å². The molecule has 116 valence electrons. The number of hydrogen-bond donors (Lipinski definition) is 0. The van der Waals surface area contributed by atoms with Gasteiger partial charge in [-0.1, -0.05) is 30.3 Å². The average Bonchev–Trinajstić information content (AvgIpc) is 2.57. The van der Waals surface area contributed by atoms with Crippen molar-refractivity contribution in [3.63, 3.8) is 0 Å². The molecule has 0 aliphatic heterocycles. The van der Waals surface area contributed by atoms with Crippen LogP contribution in [0.2, 0.25) is 0 Å². The molecule has 0 atom stereocenters. The Kier molecular flexibility index (Phi) is 5.40. The van der Waals surface area contributed by atoms with E-state index in [4.69, 9.17) is 9.47 Å². The zero-order valence-electron chi connectivity index (χ0n) is 13.3. The van der Waals surface area contributed by atoms with Crippen molar-refractivity contribution in [1.82, 2.24) is 0 Å². The zero-order valence-corrected chi connectivity index (χ0v) is 14.1. The van der Waals surface area contributed by atoms with Crippen LogP contribution in [0.15, 0.2) is 59.5 Å². The van der Waals surface area contributed by atoms with Crippen LogP contribution in [0.5, 0.6) is 0 Å². The second-order valence-electron chi connectivity index (χ2n) is 5.06. The Labute approximate surface area is 134 Å². The lowest BCUT2D eigenvalue weighted by molar-refractivity contribution is -0.176. The van der Waals surface area contributed by atoms with Crippen LogP contribution in [0.25, 0.3) is 0 Å². The molecule has 0 radical (unpaired) electrons. The van der Waals surface area contributed by atoms with Gasteiger partial charge in [0.1, 0.15) is 12.5 Å². The topological polar surface area (TPSA) is 35.5 Å². The normalized spacial score (nSPS) is 11.7. The lowest BCUT2D eigenvalue weighted by Crippen LogP contribution is -2.40.